The molecule has 2 aromatic rings. The molecule has 10 heteroatoms. The first-order valence-electron chi connectivity index (χ1n) is 7.78. The molecule has 0 spiro atoms. The van der Waals surface area contributed by atoms with Crippen molar-refractivity contribution in [3.63, 3.8) is 0 Å². The fourth-order valence-corrected chi connectivity index (χ4v) is 3.35. The van der Waals surface area contributed by atoms with Gasteiger partial charge in [0.25, 0.3) is 5.56 Å². The highest BCUT2D eigenvalue weighted by Crippen LogP contribution is 2.42. The van der Waals surface area contributed by atoms with Crippen molar-refractivity contribution in [3.8, 4) is 11.5 Å². The molecule has 2 atom stereocenters. The molecule has 134 valence electrons. The quantitative estimate of drug-likeness (QED) is 0.349. The first kappa shape index (κ1) is 15.9. The summed E-state index contributed by atoms with van der Waals surface area (Å²) in [7, 11) is 0. The minimum absolute atomic E-state index is 0.0842. The Bertz CT molecular complexity index is 999. The van der Waals surface area contributed by atoms with Crippen LogP contribution in [0.2, 0.25) is 0 Å². The molecule has 0 radical (unpaired) electrons. The SMILES string of the molecule is C/C(=N\O)[C@@H]1C(=O)Nc2nc(N)[nH]c(=O)c2[C@H]1c1ccc2c(c1)OCO2. The lowest BCUT2D eigenvalue weighted by Gasteiger charge is -2.31. The topological polar surface area (TPSA) is 152 Å². The summed E-state index contributed by atoms with van der Waals surface area (Å²) in [5.41, 5.74) is 6.12. The lowest BCUT2D eigenvalue weighted by Crippen LogP contribution is -2.42. The van der Waals surface area contributed by atoms with E-state index in [1.807, 2.05) is 0 Å². The van der Waals surface area contributed by atoms with Crippen molar-refractivity contribution in [2.75, 3.05) is 17.8 Å². The Labute approximate surface area is 146 Å². The number of H-pyrrole nitrogens is 1. The normalized spacial score (nSPS) is 21.3. The van der Waals surface area contributed by atoms with E-state index in [2.05, 4.69) is 20.4 Å². The summed E-state index contributed by atoms with van der Waals surface area (Å²) in [6, 6.07) is 5.13. The number of ether oxygens (including phenoxy) is 2. The molecular weight excluding hydrogens is 342 g/mol. The maximum absolute atomic E-state index is 12.6. The van der Waals surface area contributed by atoms with Gasteiger partial charge >= 0.3 is 0 Å². The number of carbonyl (C=O) groups excluding carboxylic acids is 1. The second kappa shape index (κ2) is 5.76. The van der Waals surface area contributed by atoms with Gasteiger partial charge in [-0.3, -0.25) is 14.6 Å². The van der Waals surface area contributed by atoms with E-state index in [-0.39, 0.29) is 29.8 Å². The molecule has 3 heterocycles. The van der Waals surface area contributed by atoms with E-state index in [1.165, 1.54) is 6.92 Å². The molecule has 0 saturated heterocycles. The number of rotatable bonds is 2. The van der Waals surface area contributed by atoms with E-state index < -0.39 is 23.3 Å². The number of hydrogen-bond donors (Lipinski definition) is 4. The van der Waals surface area contributed by atoms with Gasteiger partial charge < -0.3 is 25.7 Å². The van der Waals surface area contributed by atoms with Gasteiger partial charge in [0.15, 0.2) is 11.5 Å². The summed E-state index contributed by atoms with van der Waals surface area (Å²) in [5.74, 6) is -1.03. The maximum atomic E-state index is 12.6. The fourth-order valence-electron chi connectivity index (χ4n) is 3.35. The molecule has 1 aromatic heterocycles. The number of fused-ring (bicyclic) bond motifs is 2. The van der Waals surface area contributed by atoms with E-state index in [1.54, 1.807) is 18.2 Å². The van der Waals surface area contributed by atoms with Gasteiger partial charge in [-0.25, -0.2) is 0 Å². The third-order valence-electron chi connectivity index (χ3n) is 4.51. The van der Waals surface area contributed by atoms with E-state index in [0.29, 0.717) is 17.1 Å². The van der Waals surface area contributed by atoms with Gasteiger partial charge in [0.1, 0.15) is 5.82 Å². The Balaban J connectivity index is 1.96. The third-order valence-corrected chi connectivity index (χ3v) is 4.51. The molecule has 26 heavy (non-hydrogen) atoms. The summed E-state index contributed by atoms with van der Waals surface area (Å²) in [6.45, 7) is 1.61. The Morgan fingerprint density at radius 3 is 2.88 bits per heavy atom. The molecule has 4 rings (SSSR count). The first-order chi connectivity index (χ1) is 12.5. The summed E-state index contributed by atoms with van der Waals surface area (Å²) in [4.78, 5) is 31.7. The minimum Gasteiger partial charge on any atom is -0.454 e. The Hall–Kier alpha value is -3.56. The molecule has 0 unspecified atom stereocenters. The highest BCUT2D eigenvalue weighted by atomic mass is 16.7. The van der Waals surface area contributed by atoms with Crippen molar-refractivity contribution >= 4 is 23.4 Å². The number of nitrogens with zero attached hydrogens (tertiary/aromatic N) is 2. The maximum Gasteiger partial charge on any atom is 0.258 e. The monoisotopic (exact) mass is 357 g/mol. The number of benzene rings is 1. The lowest BCUT2D eigenvalue weighted by molar-refractivity contribution is -0.118. The van der Waals surface area contributed by atoms with Crippen LogP contribution in [0.3, 0.4) is 0 Å². The van der Waals surface area contributed by atoms with Gasteiger partial charge in [0, 0.05) is 5.92 Å². The molecule has 0 bridgehead atoms. The van der Waals surface area contributed by atoms with Gasteiger partial charge in [-0.2, -0.15) is 4.98 Å². The zero-order valence-electron chi connectivity index (χ0n) is 13.6. The van der Waals surface area contributed by atoms with E-state index in [0.717, 1.165) is 0 Å². The standard InChI is InChI=1S/C16H15N5O5/c1-6(21-24)10-11(7-2-3-8-9(4-7)26-5-25-8)12-13(18-14(10)22)19-16(17)20-15(12)23/h2-4,10-11,24H,5H2,1H3,(H4,17,18,19,20,22,23)/b21-6+/t10-,11-/m0/s1. The van der Waals surface area contributed by atoms with Crippen LogP contribution >= 0.6 is 0 Å². The van der Waals surface area contributed by atoms with Gasteiger partial charge in [0.05, 0.1) is 17.2 Å². The zero-order valence-corrected chi connectivity index (χ0v) is 13.6. The number of aromatic amines is 1. The molecule has 1 amide bonds. The van der Waals surface area contributed by atoms with Gasteiger partial charge in [-0.1, -0.05) is 11.2 Å². The molecule has 10 nitrogen and oxygen atoms in total. The third kappa shape index (κ3) is 2.34. The van der Waals surface area contributed by atoms with Crippen molar-refractivity contribution in [2.24, 2.45) is 11.1 Å². The van der Waals surface area contributed by atoms with E-state index in [9.17, 15) is 14.8 Å². The number of nitrogen functional groups attached to an aromatic ring is 1. The van der Waals surface area contributed by atoms with E-state index in [4.69, 9.17) is 15.2 Å². The Morgan fingerprint density at radius 1 is 1.35 bits per heavy atom. The molecule has 1 aromatic carbocycles. The van der Waals surface area contributed by atoms with Crippen molar-refractivity contribution in [1.29, 1.82) is 0 Å². The zero-order chi connectivity index (χ0) is 18.4. The van der Waals surface area contributed by atoms with Crippen LogP contribution in [0.15, 0.2) is 28.1 Å². The highest BCUT2D eigenvalue weighted by Gasteiger charge is 2.42. The Kier molecular flexibility index (Phi) is 3.53. The summed E-state index contributed by atoms with van der Waals surface area (Å²) >= 11 is 0. The average Bonchev–Trinajstić information content (AvgIpc) is 3.07. The van der Waals surface area contributed by atoms with Gasteiger partial charge in [-0.15, -0.1) is 0 Å². The highest BCUT2D eigenvalue weighted by molar-refractivity contribution is 6.11. The van der Waals surface area contributed by atoms with Crippen LogP contribution < -0.4 is 26.1 Å². The molecule has 0 fully saturated rings. The molecule has 2 aliphatic heterocycles. The number of oxime groups is 1. The van der Waals surface area contributed by atoms with Crippen LogP contribution in [0.5, 0.6) is 11.5 Å². The smallest absolute Gasteiger partial charge is 0.258 e. The number of hydrogen-bond acceptors (Lipinski definition) is 8. The molecule has 0 saturated carbocycles. The second-order valence-electron chi connectivity index (χ2n) is 6.01. The number of nitrogens with one attached hydrogen (secondary N) is 2. The summed E-state index contributed by atoms with van der Waals surface area (Å²) in [6.07, 6.45) is 0. The van der Waals surface area contributed by atoms with Crippen LogP contribution in [-0.2, 0) is 4.79 Å². The molecule has 5 N–H and O–H groups in total. The predicted molar refractivity (Wildman–Crippen MR) is 90.7 cm³/mol. The number of amides is 1. The molecule has 0 aliphatic carbocycles. The fraction of sp³-hybridized carbons (Fsp3) is 0.250. The van der Waals surface area contributed by atoms with Crippen molar-refractivity contribution in [2.45, 2.75) is 12.8 Å². The van der Waals surface area contributed by atoms with Crippen LogP contribution in [0.1, 0.15) is 24.0 Å². The number of aromatic nitrogens is 2. The number of anilines is 2. The number of carbonyl (C=O) groups is 1. The largest absolute Gasteiger partial charge is 0.454 e. The van der Waals surface area contributed by atoms with Crippen LogP contribution in [0.25, 0.3) is 0 Å². The Morgan fingerprint density at radius 2 is 2.12 bits per heavy atom. The predicted octanol–water partition coefficient (Wildman–Crippen LogP) is 0.631. The average molecular weight is 357 g/mol. The van der Waals surface area contributed by atoms with Gasteiger partial charge in [-0.05, 0) is 24.6 Å². The van der Waals surface area contributed by atoms with Crippen LogP contribution in [0.4, 0.5) is 11.8 Å². The second-order valence-corrected chi connectivity index (χ2v) is 6.01. The number of nitrogens with two attached hydrogens (primary N) is 1. The van der Waals surface area contributed by atoms with Crippen molar-refractivity contribution < 1.29 is 19.5 Å². The lowest BCUT2D eigenvalue weighted by atomic mass is 9.76. The van der Waals surface area contributed by atoms with E-state index >= 15 is 0 Å². The van der Waals surface area contributed by atoms with Crippen molar-refractivity contribution in [1.82, 2.24) is 9.97 Å². The molecular formula is C16H15N5O5. The van der Waals surface area contributed by atoms with Crippen LogP contribution in [0, 0.1) is 5.92 Å². The van der Waals surface area contributed by atoms with Crippen molar-refractivity contribution in [3.05, 3.63) is 39.7 Å². The first-order valence-corrected chi connectivity index (χ1v) is 7.78. The summed E-state index contributed by atoms with van der Waals surface area (Å²) < 4.78 is 10.7. The summed E-state index contributed by atoms with van der Waals surface area (Å²) in [5, 5.41) is 15.0. The molecule has 2 aliphatic rings. The van der Waals surface area contributed by atoms with Crippen LogP contribution in [-0.4, -0.2) is 33.6 Å². The van der Waals surface area contributed by atoms with Gasteiger partial charge in [0.2, 0.25) is 18.6 Å². The minimum atomic E-state index is -0.903.